The highest BCUT2D eigenvalue weighted by molar-refractivity contribution is 6.04. The average molecular weight is 503 g/mol. The summed E-state index contributed by atoms with van der Waals surface area (Å²) in [5.74, 6) is 1.10. The summed E-state index contributed by atoms with van der Waals surface area (Å²) in [4.78, 5) is 12.6. The Hall–Kier alpha value is -5.17. The predicted molar refractivity (Wildman–Crippen MR) is 154 cm³/mol. The molecule has 5 rings (SSSR count). The number of nitrogens with zero attached hydrogens (tertiary/aromatic N) is 2. The van der Waals surface area contributed by atoms with Gasteiger partial charge in [-0.1, -0.05) is 60.7 Å². The Labute approximate surface area is 220 Å². The molecule has 2 N–H and O–H groups in total. The Morgan fingerprint density at radius 1 is 0.658 bits per heavy atom. The lowest BCUT2D eigenvalue weighted by Crippen LogP contribution is -2.17. The normalized spacial score (nSPS) is 11.3. The van der Waals surface area contributed by atoms with Crippen LogP contribution in [0.25, 0.3) is 21.5 Å². The van der Waals surface area contributed by atoms with Gasteiger partial charge >= 0.3 is 0 Å². The van der Waals surface area contributed by atoms with Gasteiger partial charge in [0.25, 0.3) is 5.91 Å². The van der Waals surface area contributed by atoms with Crippen LogP contribution < -0.4 is 20.3 Å². The van der Waals surface area contributed by atoms with Crippen molar-refractivity contribution >= 4 is 45.6 Å². The summed E-state index contributed by atoms with van der Waals surface area (Å²) in [6.07, 6.45) is 3.34. The maximum atomic E-state index is 12.6. The second-order valence-corrected chi connectivity index (χ2v) is 8.45. The molecule has 5 aromatic carbocycles. The first-order valence-corrected chi connectivity index (χ1v) is 12.0. The van der Waals surface area contributed by atoms with Crippen LogP contribution in [0.2, 0.25) is 0 Å². The number of benzene rings is 5. The van der Waals surface area contributed by atoms with E-state index in [2.05, 4.69) is 21.1 Å². The highest BCUT2D eigenvalue weighted by Crippen LogP contribution is 2.27. The van der Waals surface area contributed by atoms with Crippen LogP contribution in [-0.2, 0) is 0 Å². The zero-order chi connectivity index (χ0) is 26.3. The number of fused-ring (bicyclic) bond motifs is 2. The van der Waals surface area contributed by atoms with E-state index < -0.39 is 0 Å². The van der Waals surface area contributed by atoms with Crippen LogP contribution in [0.5, 0.6) is 11.5 Å². The molecule has 5 aromatic rings. The Morgan fingerprint density at radius 2 is 1.18 bits per heavy atom. The zero-order valence-electron chi connectivity index (χ0n) is 21.0. The first kappa shape index (κ1) is 24.5. The van der Waals surface area contributed by atoms with Gasteiger partial charge in [-0.15, -0.1) is 0 Å². The molecule has 0 fully saturated rings. The number of nitrogens with one attached hydrogen (secondary N) is 2. The van der Waals surface area contributed by atoms with E-state index in [9.17, 15) is 4.79 Å². The van der Waals surface area contributed by atoms with E-state index >= 15 is 0 Å². The van der Waals surface area contributed by atoms with Crippen molar-refractivity contribution < 1.29 is 14.3 Å². The number of rotatable bonds is 8. The molecule has 0 aliphatic rings. The van der Waals surface area contributed by atoms with Crippen molar-refractivity contribution in [3.8, 4) is 11.5 Å². The maximum absolute atomic E-state index is 12.6. The number of carbonyl (C=O) groups excluding carboxylic acids is 1. The number of amides is 1. The van der Waals surface area contributed by atoms with Crippen LogP contribution in [0, 0.1) is 0 Å². The summed E-state index contributed by atoms with van der Waals surface area (Å²) in [5, 5.41) is 12.7. The molecule has 188 valence electrons. The number of carbonyl (C=O) groups is 1. The molecule has 0 unspecified atom stereocenters. The van der Waals surface area contributed by atoms with E-state index in [0.717, 1.165) is 44.1 Å². The molecule has 0 bridgehead atoms. The highest BCUT2D eigenvalue weighted by Gasteiger charge is 2.08. The number of ether oxygens (including phenoxy) is 2. The first-order valence-electron chi connectivity index (χ1n) is 12.0. The molecule has 0 aromatic heterocycles. The van der Waals surface area contributed by atoms with Crippen LogP contribution in [0.4, 0.5) is 5.69 Å². The minimum atomic E-state index is -0.323. The lowest BCUT2D eigenvalue weighted by atomic mass is 10.0. The first-order chi connectivity index (χ1) is 18.7. The van der Waals surface area contributed by atoms with Crippen molar-refractivity contribution in [3.63, 3.8) is 0 Å². The number of hydrogen-bond donors (Lipinski definition) is 2. The molecule has 0 radical (unpaired) electrons. The van der Waals surface area contributed by atoms with E-state index in [0.29, 0.717) is 11.3 Å². The summed E-state index contributed by atoms with van der Waals surface area (Å²) < 4.78 is 11.0. The van der Waals surface area contributed by atoms with E-state index in [1.807, 2.05) is 72.8 Å². The number of anilines is 1. The van der Waals surface area contributed by atoms with E-state index in [1.165, 1.54) is 0 Å². The summed E-state index contributed by atoms with van der Waals surface area (Å²) in [5.41, 5.74) is 8.48. The van der Waals surface area contributed by atoms with Crippen LogP contribution >= 0.6 is 0 Å². The third-order valence-corrected chi connectivity index (χ3v) is 6.20. The molecule has 0 aliphatic heterocycles. The van der Waals surface area contributed by atoms with Gasteiger partial charge in [-0.3, -0.25) is 10.2 Å². The van der Waals surface area contributed by atoms with Gasteiger partial charge in [-0.25, -0.2) is 5.43 Å². The quantitative estimate of drug-likeness (QED) is 0.195. The van der Waals surface area contributed by atoms with Crippen molar-refractivity contribution in [2.45, 2.75) is 0 Å². The largest absolute Gasteiger partial charge is 0.496 e. The standard InChI is InChI=1S/C31H26N4O3/c1-37-29-17-13-21-7-3-5-9-25(21)27(29)19-32-34-24-15-11-23(12-16-24)31(36)35-33-20-28-26-10-6-4-8-22(26)14-18-30(28)38-2/h3-20,34H,1-2H3,(H,35,36)/b32-19+,33-20+. The van der Waals surface area contributed by atoms with Crippen molar-refractivity contribution in [3.05, 3.63) is 114 Å². The molecule has 0 atom stereocenters. The molecular formula is C31H26N4O3. The van der Waals surface area contributed by atoms with Gasteiger partial charge in [-0.05, 0) is 57.9 Å². The molecule has 0 saturated heterocycles. The molecule has 7 heteroatoms. The van der Waals surface area contributed by atoms with E-state index in [1.54, 1.807) is 50.9 Å². The Morgan fingerprint density at radius 3 is 1.74 bits per heavy atom. The maximum Gasteiger partial charge on any atom is 0.271 e. The van der Waals surface area contributed by atoms with Gasteiger partial charge in [0.1, 0.15) is 11.5 Å². The fourth-order valence-corrected chi connectivity index (χ4v) is 4.26. The summed E-state index contributed by atoms with van der Waals surface area (Å²) in [6.45, 7) is 0. The second kappa shape index (κ2) is 11.3. The fraction of sp³-hybridized carbons (Fsp3) is 0.0645. The van der Waals surface area contributed by atoms with Crippen molar-refractivity contribution in [2.75, 3.05) is 19.6 Å². The molecule has 1 amide bonds. The van der Waals surface area contributed by atoms with E-state index in [4.69, 9.17) is 9.47 Å². The predicted octanol–water partition coefficient (Wildman–Crippen LogP) is 6.22. The second-order valence-electron chi connectivity index (χ2n) is 8.45. The van der Waals surface area contributed by atoms with Crippen LogP contribution in [0.3, 0.4) is 0 Å². The summed E-state index contributed by atoms with van der Waals surface area (Å²) in [7, 11) is 3.25. The molecular weight excluding hydrogens is 476 g/mol. The molecule has 38 heavy (non-hydrogen) atoms. The minimum absolute atomic E-state index is 0.323. The third-order valence-electron chi connectivity index (χ3n) is 6.20. The SMILES string of the molecule is COc1ccc2ccccc2c1/C=N/NC(=O)c1ccc(N/N=C/c2c(OC)ccc3ccccc23)cc1. The molecule has 0 spiro atoms. The van der Waals surface area contributed by atoms with Gasteiger partial charge in [0.05, 0.1) is 32.3 Å². The molecule has 0 heterocycles. The highest BCUT2D eigenvalue weighted by atomic mass is 16.5. The van der Waals surface area contributed by atoms with Crippen molar-refractivity contribution in [1.82, 2.24) is 5.43 Å². The van der Waals surface area contributed by atoms with Crippen LogP contribution in [0.1, 0.15) is 21.5 Å². The fourth-order valence-electron chi connectivity index (χ4n) is 4.26. The average Bonchev–Trinajstić information content (AvgIpc) is 2.97. The molecule has 7 nitrogen and oxygen atoms in total. The van der Waals surface area contributed by atoms with Gasteiger partial charge in [0.15, 0.2) is 0 Å². The summed E-state index contributed by atoms with van der Waals surface area (Å²) in [6, 6.07) is 30.8. The van der Waals surface area contributed by atoms with E-state index in [-0.39, 0.29) is 5.91 Å². The smallest absolute Gasteiger partial charge is 0.271 e. The summed E-state index contributed by atoms with van der Waals surface area (Å²) >= 11 is 0. The van der Waals surface area contributed by atoms with Crippen molar-refractivity contribution in [2.24, 2.45) is 10.2 Å². The van der Waals surface area contributed by atoms with Gasteiger partial charge in [-0.2, -0.15) is 10.2 Å². The van der Waals surface area contributed by atoms with Crippen LogP contribution in [0.15, 0.2) is 107 Å². The van der Waals surface area contributed by atoms with Gasteiger partial charge in [0.2, 0.25) is 0 Å². The monoisotopic (exact) mass is 502 g/mol. The van der Waals surface area contributed by atoms with Crippen molar-refractivity contribution in [1.29, 1.82) is 0 Å². The lowest BCUT2D eigenvalue weighted by molar-refractivity contribution is 0.0955. The number of hydrazone groups is 2. The Balaban J connectivity index is 1.25. The van der Waals surface area contributed by atoms with Gasteiger partial charge < -0.3 is 9.47 Å². The Kier molecular flexibility index (Phi) is 7.27. The minimum Gasteiger partial charge on any atom is -0.496 e. The zero-order valence-corrected chi connectivity index (χ0v) is 21.0. The molecule has 0 aliphatic carbocycles. The number of hydrogen-bond acceptors (Lipinski definition) is 6. The lowest BCUT2D eigenvalue weighted by Gasteiger charge is -2.09. The topological polar surface area (TPSA) is 84.3 Å². The van der Waals surface area contributed by atoms with Crippen LogP contribution in [-0.4, -0.2) is 32.6 Å². The Bertz CT molecular complexity index is 1660. The number of methoxy groups -OCH3 is 2. The molecule has 0 saturated carbocycles. The van der Waals surface area contributed by atoms with Gasteiger partial charge in [0, 0.05) is 16.7 Å². The third kappa shape index (κ3) is 5.17.